The molecule has 0 bridgehead atoms. The van der Waals surface area contributed by atoms with Gasteiger partial charge in [-0.1, -0.05) is 0 Å². The van der Waals surface area contributed by atoms with Gasteiger partial charge in [0.1, 0.15) is 17.1 Å². The minimum Gasteiger partial charge on any atom is -0.497 e. The van der Waals surface area contributed by atoms with Gasteiger partial charge in [-0.15, -0.1) is 0 Å². The van der Waals surface area contributed by atoms with Crippen LogP contribution >= 0.6 is 0 Å². The average molecular weight is 341 g/mol. The van der Waals surface area contributed by atoms with Crippen LogP contribution in [-0.2, 0) is 16.0 Å². The fourth-order valence-corrected chi connectivity index (χ4v) is 3.02. The first kappa shape index (κ1) is 15.8. The third kappa shape index (κ3) is 3.41. The van der Waals surface area contributed by atoms with E-state index in [0.29, 0.717) is 43.4 Å². The quantitative estimate of drug-likeness (QED) is 0.846. The normalized spacial score (nSPS) is 18.3. The maximum Gasteiger partial charge on any atom is 0.201 e. The molecule has 25 heavy (non-hydrogen) atoms. The molecular formula is C18H19N3O4. The second-order valence-corrected chi connectivity index (χ2v) is 6.04. The van der Waals surface area contributed by atoms with Crippen LogP contribution < -0.4 is 4.74 Å². The fraction of sp³-hybridized carbons (Fsp3) is 0.389. The Kier molecular flexibility index (Phi) is 4.23. The molecule has 2 aliphatic rings. The summed E-state index contributed by atoms with van der Waals surface area (Å²) in [5, 5.41) is 0. The number of nitrogens with zero attached hydrogens (tertiary/aromatic N) is 3. The summed E-state index contributed by atoms with van der Waals surface area (Å²) in [5.41, 5.74) is 2.20. The van der Waals surface area contributed by atoms with Crippen molar-refractivity contribution in [3.05, 3.63) is 36.0 Å². The number of carbonyl (C=O) groups excluding carboxylic acids is 1. The molecule has 7 heteroatoms. The van der Waals surface area contributed by atoms with Crippen LogP contribution in [0, 0.1) is 0 Å². The van der Waals surface area contributed by atoms with Crippen LogP contribution in [0.3, 0.4) is 0 Å². The SMILES string of the molecule is COc1ccc2nc(CC3=NC(N4CCOCC4)=CC(=O)C3)oc2c1. The highest BCUT2D eigenvalue weighted by molar-refractivity contribution is 6.09. The molecule has 0 amide bonds. The fourth-order valence-electron chi connectivity index (χ4n) is 3.02. The van der Waals surface area contributed by atoms with Crippen LogP contribution in [0.5, 0.6) is 5.75 Å². The van der Waals surface area contributed by atoms with E-state index in [9.17, 15) is 4.79 Å². The van der Waals surface area contributed by atoms with Crippen LogP contribution in [0.25, 0.3) is 11.1 Å². The Labute approximate surface area is 144 Å². The van der Waals surface area contributed by atoms with Crippen LogP contribution in [-0.4, -0.2) is 54.8 Å². The number of ether oxygens (including phenoxy) is 2. The van der Waals surface area contributed by atoms with E-state index in [4.69, 9.17) is 13.9 Å². The molecule has 1 aromatic carbocycles. The number of hydrogen-bond acceptors (Lipinski definition) is 7. The van der Waals surface area contributed by atoms with E-state index < -0.39 is 0 Å². The summed E-state index contributed by atoms with van der Waals surface area (Å²) in [6, 6.07) is 5.50. The summed E-state index contributed by atoms with van der Waals surface area (Å²) in [7, 11) is 1.61. The number of aliphatic imine (C=N–C) groups is 1. The van der Waals surface area contributed by atoms with E-state index in [2.05, 4.69) is 14.9 Å². The topological polar surface area (TPSA) is 77.2 Å². The predicted molar refractivity (Wildman–Crippen MR) is 91.8 cm³/mol. The average Bonchev–Trinajstić information content (AvgIpc) is 3.03. The Morgan fingerprint density at radius 2 is 2.12 bits per heavy atom. The van der Waals surface area contributed by atoms with E-state index >= 15 is 0 Å². The number of rotatable bonds is 4. The highest BCUT2D eigenvalue weighted by Gasteiger charge is 2.21. The van der Waals surface area contributed by atoms with Gasteiger partial charge in [0.15, 0.2) is 11.4 Å². The molecule has 0 radical (unpaired) electrons. The summed E-state index contributed by atoms with van der Waals surface area (Å²) in [5.74, 6) is 2.05. The lowest BCUT2D eigenvalue weighted by Gasteiger charge is -2.30. The highest BCUT2D eigenvalue weighted by Crippen LogP contribution is 2.23. The molecule has 1 saturated heterocycles. The van der Waals surface area contributed by atoms with Crippen molar-refractivity contribution in [3.8, 4) is 5.75 Å². The first-order valence-corrected chi connectivity index (χ1v) is 8.28. The molecule has 0 unspecified atom stereocenters. The first-order valence-electron chi connectivity index (χ1n) is 8.28. The van der Waals surface area contributed by atoms with Crippen LogP contribution in [0.2, 0.25) is 0 Å². The van der Waals surface area contributed by atoms with Gasteiger partial charge in [0, 0.05) is 37.4 Å². The summed E-state index contributed by atoms with van der Waals surface area (Å²) in [6.45, 7) is 2.81. The van der Waals surface area contributed by atoms with E-state index in [1.54, 1.807) is 19.3 Å². The van der Waals surface area contributed by atoms with Crippen molar-refractivity contribution >= 4 is 22.6 Å². The van der Waals surface area contributed by atoms with Crippen molar-refractivity contribution in [3.63, 3.8) is 0 Å². The molecule has 2 aliphatic heterocycles. The van der Waals surface area contributed by atoms with Gasteiger partial charge in [-0.3, -0.25) is 4.79 Å². The number of benzene rings is 1. The zero-order valence-electron chi connectivity index (χ0n) is 14.0. The number of fused-ring (bicyclic) bond motifs is 1. The number of methoxy groups -OCH3 is 1. The molecule has 0 saturated carbocycles. The van der Waals surface area contributed by atoms with Crippen LogP contribution in [0.4, 0.5) is 0 Å². The molecule has 0 aliphatic carbocycles. The molecule has 2 aromatic rings. The van der Waals surface area contributed by atoms with Crippen molar-refractivity contribution in [1.29, 1.82) is 0 Å². The zero-order valence-corrected chi connectivity index (χ0v) is 14.0. The Hall–Kier alpha value is -2.67. The molecule has 3 heterocycles. The number of allylic oxidation sites excluding steroid dienone is 1. The molecule has 1 aromatic heterocycles. The second-order valence-electron chi connectivity index (χ2n) is 6.04. The maximum atomic E-state index is 12.1. The van der Waals surface area contributed by atoms with Crippen molar-refractivity contribution < 1.29 is 18.7 Å². The number of oxazole rings is 1. The first-order chi connectivity index (χ1) is 12.2. The van der Waals surface area contributed by atoms with Gasteiger partial charge in [-0.05, 0) is 12.1 Å². The van der Waals surface area contributed by atoms with Gasteiger partial charge in [-0.2, -0.15) is 0 Å². The lowest BCUT2D eigenvalue weighted by molar-refractivity contribution is -0.113. The van der Waals surface area contributed by atoms with E-state index in [-0.39, 0.29) is 5.78 Å². The smallest absolute Gasteiger partial charge is 0.201 e. The van der Waals surface area contributed by atoms with Crippen molar-refractivity contribution in [1.82, 2.24) is 9.88 Å². The van der Waals surface area contributed by atoms with E-state index in [1.807, 2.05) is 12.1 Å². The number of carbonyl (C=O) groups is 1. The van der Waals surface area contributed by atoms with E-state index in [1.165, 1.54) is 0 Å². The Bertz CT molecular complexity index is 862. The van der Waals surface area contributed by atoms with Gasteiger partial charge in [0.05, 0.1) is 26.7 Å². The Balaban J connectivity index is 1.55. The highest BCUT2D eigenvalue weighted by atomic mass is 16.5. The lowest BCUT2D eigenvalue weighted by Crippen LogP contribution is -2.36. The van der Waals surface area contributed by atoms with E-state index in [0.717, 1.165) is 30.1 Å². The van der Waals surface area contributed by atoms with Crippen molar-refractivity contribution in [2.45, 2.75) is 12.8 Å². The van der Waals surface area contributed by atoms with Crippen molar-refractivity contribution in [2.75, 3.05) is 33.4 Å². The van der Waals surface area contributed by atoms with Crippen LogP contribution in [0.1, 0.15) is 12.3 Å². The number of hydrogen-bond donors (Lipinski definition) is 0. The summed E-state index contributed by atoms with van der Waals surface area (Å²) >= 11 is 0. The summed E-state index contributed by atoms with van der Waals surface area (Å²) < 4.78 is 16.3. The van der Waals surface area contributed by atoms with Crippen molar-refractivity contribution in [2.24, 2.45) is 4.99 Å². The van der Waals surface area contributed by atoms with Gasteiger partial charge in [0.2, 0.25) is 5.89 Å². The standard InChI is InChI=1S/C18H19N3O4/c1-23-14-2-3-15-16(11-14)25-18(20-15)9-12-8-13(22)10-17(19-12)21-4-6-24-7-5-21/h2-3,10-11H,4-9H2,1H3. The van der Waals surface area contributed by atoms with Gasteiger partial charge < -0.3 is 18.8 Å². The van der Waals surface area contributed by atoms with Gasteiger partial charge in [-0.25, -0.2) is 9.98 Å². The molecule has 130 valence electrons. The lowest BCUT2D eigenvalue weighted by atomic mass is 10.1. The molecule has 0 spiro atoms. The Morgan fingerprint density at radius 1 is 1.28 bits per heavy atom. The predicted octanol–water partition coefficient (Wildman–Crippen LogP) is 1.97. The number of aromatic nitrogens is 1. The molecule has 4 rings (SSSR count). The molecule has 7 nitrogen and oxygen atoms in total. The van der Waals surface area contributed by atoms with Gasteiger partial charge in [0.25, 0.3) is 0 Å². The third-order valence-electron chi connectivity index (χ3n) is 4.27. The summed E-state index contributed by atoms with van der Waals surface area (Å²) in [6.07, 6.45) is 2.34. The minimum atomic E-state index is 0.0595. The molecule has 1 fully saturated rings. The third-order valence-corrected chi connectivity index (χ3v) is 4.27. The molecule has 0 atom stereocenters. The van der Waals surface area contributed by atoms with Gasteiger partial charge >= 0.3 is 0 Å². The minimum absolute atomic E-state index is 0.0595. The zero-order chi connectivity index (χ0) is 17.2. The number of morpholine rings is 1. The second kappa shape index (κ2) is 6.68. The molecular weight excluding hydrogens is 322 g/mol. The monoisotopic (exact) mass is 341 g/mol. The Morgan fingerprint density at radius 3 is 2.92 bits per heavy atom. The molecule has 0 N–H and O–H groups in total. The largest absolute Gasteiger partial charge is 0.497 e. The summed E-state index contributed by atoms with van der Waals surface area (Å²) in [4.78, 5) is 23.3. The number of ketones is 1. The van der Waals surface area contributed by atoms with Crippen LogP contribution in [0.15, 0.2) is 39.5 Å². The maximum absolute atomic E-state index is 12.1.